The van der Waals surface area contributed by atoms with E-state index in [9.17, 15) is 8.42 Å². The Morgan fingerprint density at radius 3 is 1.60 bits per heavy atom. The van der Waals surface area contributed by atoms with Gasteiger partial charge in [-0.2, -0.15) is 8.42 Å². The van der Waals surface area contributed by atoms with Gasteiger partial charge in [0.25, 0.3) is 10.1 Å². The predicted molar refractivity (Wildman–Crippen MR) is 130 cm³/mol. The molecular formula is C25H31O3PS. The maximum absolute atomic E-state index is 9.19. The summed E-state index contributed by atoms with van der Waals surface area (Å²) in [5.41, 5.74) is 1.85. The van der Waals surface area contributed by atoms with Crippen LogP contribution in [0.25, 0.3) is 0 Å². The van der Waals surface area contributed by atoms with Crippen LogP contribution in [0.4, 0.5) is 0 Å². The summed E-state index contributed by atoms with van der Waals surface area (Å²) in [6.45, 7) is 6.98. The molecule has 0 heterocycles. The number of aryl methyl sites for hydroxylation is 1. The third kappa shape index (κ3) is 8.79. The largest absolute Gasteiger partial charge is 0.286 e. The molecule has 30 heavy (non-hydrogen) atoms. The third-order valence-electron chi connectivity index (χ3n) is 4.41. The van der Waals surface area contributed by atoms with Crippen molar-refractivity contribution in [3.05, 3.63) is 90.5 Å². The first-order valence-electron chi connectivity index (χ1n) is 9.95. The lowest BCUT2D eigenvalue weighted by Gasteiger charge is -2.24. The smallest absolute Gasteiger partial charge is 0.261 e. The van der Waals surface area contributed by atoms with Crippen molar-refractivity contribution in [3.8, 4) is 0 Å². The summed E-state index contributed by atoms with van der Waals surface area (Å²) in [5, 5.41) is 4.35. The summed E-state index contributed by atoms with van der Waals surface area (Å²) in [5.74, 6) is 0. The summed E-state index contributed by atoms with van der Waals surface area (Å²) in [7, 11) is -4.18. The van der Waals surface area contributed by atoms with Crippen LogP contribution >= 0.6 is 7.92 Å². The second kappa shape index (κ2) is 10.9. The van der Waals surface area contributed by atoms with E-state index in [1.807, 2.05) is 0 Å². The first-order chi connectivity index (χ1) is 14.0. The minimum Gasteiger partial charge on any atom is -0.286 e. The summed E-state index contributed by atoms with van der Waals surface area (Å²) in [6, 6.07) is 31.0. The van der Waals surface area contributed by atoms with Gasteiger partial charge in [0.2, 0.25) is 0 Å². The number of hydrogen-bond acceptors (Lipinski definition) is 2. The lowest BCUT2D eigenvalue weighted by atomic mass is 9.89. The van der Waals surface area contributed by atoms with Gasteiger partial charge in [0.15, 0.2) is 0 Å². The Labute approximate surface area is 182 Å². The summed E-state index contributed by atoms with van der Waals surface area (Å²) < 4.78 is 25.9. The number of benzene rings is 3. The molecule has 0 radical (unpaired) electrons. The zero-order chi connectivity index (χ0) is 22.2. The minimum atomic E-state index is -3.67. The molecule has 160 valence electrons. The van der Waals surface area contributed by atoms with Crippen LogP contribution in [0, 0.1) is 5.41 Å². The molecule has 0 fully saturated rings. The van der Waals surface area contributed by atoms with Gasteiger partial charge in [0.1, 0.15) is 0 Å². The van der Waals surface area contributed by atoms with Crippen LogP contribution in [0.3, 0.4) is 0 Å². The maximum atomic E-state index is 9.19. The standard InChI is InChI=1S/C24H27P.CH4O3S/c1-24(2,3)19-18-20-12-10-11-17-23(20)25(21-13-6-4-7-14-21)22-15-8-5-9-16-22;1-5(2,3)4/h4-17H,18-19H2,1-3H3;1H3,(H,2,3,4). The number of hydrogen-bond donors (Lipinski definition) is 1. The van der Waals surface area contributed by atoms with Crippen molar-refractivity contribution in [1.82, 2.24) is 0 Å². The van der Waals surface area contributed by atoms with Gasteiger partial charge in [0.05, 0.1) is 6.26 Å². The third-order valence-corrected chi connectivity index (χ3v) is 6.95. The van der Waals surface area contributed by atoms with E-state index in [1.54, 1.807) is 0 Å². The Balaban J connectivity index is 0.000000575. The molecule has 0 aliphatic heterocycles. The predicted octanol–water partition coefficient (Wildman–Crippen LogP) is 4.93. The van der Waals surface area contributed by atoms with Gasteiger partial charge in [-0.15, -0.1) is 0 Å². The van der Waals surface area contributed by atoms with E-state index in [4.69, 9.17) is 4.55 Å². The van der Waals surface area contributed by atoms with E-state index in [1.165, 1.54) is 27.9 Å². The van der Waals surface area contributed by atoms with Crippen molar-refractivity contribution < 1.29 is 13.0 Å². The van der Waals surface area contributed by atoms with Crippen molar-refractivity contribution >= 4 is 34.0 Å². The van der Waals surface area contributed by atoms with E-state index < -0.39 is 18.0 Å². The monoisotopic (exact) mass is 442 g/mol. The van der Waals surface area contributed by atoms with Gasteiger partial charge in [-0.25, -0.2) is 0 Å². The highest BCUT2D eigenvalue weighted by Gasteiger charge is 2.20. The highest BCUT2D eigenvalue weighted by Crippen LogP contribution is 2.35. The molecule has 0 atom stereocenters. The maximum Gasteiger partial charge on any atom is 0.261 e. The molecule has 0 unspecified atom stereocenters. The molecule has 3 aromatic carbocycles. The molecular weight excluding hydrogens is 411 g/mol. The van der Waals surface area contributed by atoms with E-state index >= 15 is 0 Å². The molecule has 0 spiro atoms. The van der Waals surface area contributed by atoms with E-state index in [0.29, 0.717) is 11.7 Å². The molecule has 0 saturated carbocycles. The fourth-order valence-corrected chi connectivity index (χ4v) is 5.54. The van der Waals surface area contributed by atoms with Crippen LogP contribution in [-0.4, -0.2) is 19.2 Å². The molecule has 5 heteroatoms. The van der Waals surface area contributed by atoms with Crippen LogP contribution in [0.5, 0.6) is 0 Å². The van der Waals surface area contributed by atoms with Gasteiger partial charge < -0.3 is 0 Å². The van der Waals surface area contributed by atoms with E-state index in [-0.39, 0.29) is 0 Å². The Morgan fingerprint density at radius 2 is 1.17 bits per heavy atom. The topological polar surface area (TPSA) is 54.4 Å². The minimum absolute atomic E-state index is 0.357. The average Bonchev–Trinajstić information content (AvgIpc) is 2.67. The molecule has 0 aromatic heterocycles. The summed E-state index contributed by atoms with van der Waals surface area (Å²) in [4.78, 5) is 0. The molecule has 3 nitrogen and oxygen atoms in total. The first-order valence-corrected chi connectivity index (χ1v) is 13.1. The molecule has 3 rings (SSSR count). The molecule has 3 aromatic rings. The SMILES string of the molecule is CC(C)(C)CCc1ccccc1P(c1ccccc1)c1ccccc1.CS(=O)(=O)O. The van der Waals surface area contributed by atoms with Crippen molar-refractivity contribution in [3.63, 3.8) is 0 Å². The lowest BCUT2D eigenvalue weighted by Crippen LogP contribution is -2.23. The van der Waals surface area contributed by atoms with E-state index in [0.717, 1.165) is 6.42 Å². The van der Waals surface area contributed by atoms with Gasteiger partial charge in [0, 0.05) is 0 Å². The van der Waals surface area contributed by atoms with Crippen LogP contribution in [0.1, 0.15) is 32.8 Å². The Bertz CT molecular complexity index is 964. The van der Waals surface area contributed by atoms with Crippen molar-refractivity contribution in [2.24, 2.45) is 5.41 Å². The lowest BCUT2D eigenvalue weighted by molar-refractivity contribution is 0.378. The zero-order valence-electron chi connectivity index (χ0n) is 18.1. The van der Waals surface area contributed by atoms with Crippen molar-refractivity contribution in [2.45, 2.75) is 33.6 Å². The summed E-state index contributed by atoms with van der Waals surface area (Å²) >= 11 is 0. The average molecular weight is 443 g/mol. The molecule has 0 saturated heterocycles. The normalized spacial score (nSPS) is 11.7. The molecule has 0 amide bonds. The van der Waals surface area contributed by atoms with Crippen molar-refractivity contribution in [1.29, 1.82) is 0 Å². The highest BCUT2D eigenvalue weighted by molar-refractivity contribution is 7.85. The van der Waals surface area contributed by atoms with Gasteiger partial charge in [-0.3, -0.25) is 4.55 Å². The quantitative estimate of drug-likeness (QED) is 0.450. The molecule has 0 aliphatic carbocycles. The second-order valence-electron chi connectivity index (χ2n) is 8.43. The van der Waals surface area contributed by atoms with Crippen LogP contribution in [0.2, 0.25) is 0 Å². The Hall–Kier alpha value is -2.00. The first kappa shape index (κ1) is 24.3. The van der Waals surface area contributed by atoms with Gasteiger partial charge >= 0.3 is 0 Å². The second-order valence-corrected chi connectivity index (χ2v) is 12.1. The zero-order valence-corrected chi connectivity index (χ0v) is 19.8. The Morgan fingerprint density at radius 1 is 0.767 bits per heavy atom. The van der Waals surface area contributed by atoms with Crippen LogP contribution in [0.15, 0.2) is 84.9 Å². The molecule has 0 bridgehead atoms. The molecule has 1 N–H and O–H groups in total. The fraction of sp³-hybridized carbons (Fsp3) is 0.280. The molecule has 0 aliphatic rings. The highest BCUT2D eigenvalue weighted by atomic mass is 32.2. The van der Waals surface area contributed by atoms with Crippen molar-refractivity contribution in [2.75, 3.05) is 6.26 Å². The van der Waals surface area contributed by atoms with Gasteiger partial charge in [-0.1, -0.05) is 106 Å². The number of rotatable bonds is 5. The summed E-state index contributed by atoms with van der Waals surface area (Å²) in [6.07, 6.45) is 3.06. The van der Waals surface area contributed by atoms with Gasteiger partial charge in [-0.05, 0) is 47.7 Å². The van der Waals surface area contributed by atoms with Crippen LogP contribution < -0.4 is 15.9 Å². The van der Waals surface area contributed by atoms with E-state index in [2.05, 4.69) is 106 Å². The van der Waals surface area contributed by atoms with Crippen LogP contribution in [-0.2, 0) is 16.5 Å². The Kier molecular flexibility index (Phi) is 8.78. The fourth-order valence-electron chi connectivity index (χ4n) is 3.03.